The number of thioether (sulfide) groups is 1. The zero-order valence-corrected chi connectivity index (χ0v) is 13.0. The minimum Gasteiger partial charge on any atom is -0.464 e. The fourth-order valence-corrected chi connectivity index (χ4v) is 2.86. The predicted octanol–water partition coefficient (Wildman–Crippen LogP) is 1.94. The SMILES string of the molecule is CCC(C)SCc1nc2c(c(C(=O)OC)n1)CNCC2. The number of ether oxygens (including phenoxy) is 1. The Bertz CT molecular complexity index is 494. The first-order chi connectivity index (χ1) is 9.65. The molecule has 1 aromatic rings. The summed E-state index contributed by atoms with van der Waals surface area (Å²) in [6, 6.07) is 0. The number of carbonyl (C=O) groups is 1. The van der Waals surface area contributed by atoms with E-state index in [1.807, 2.05) is 11.8 Å². The van der Waals surface area contributed by atoms with Crippen molar-refractivity contribution in [3.05, 3.63) is 22.8 Å². The van der Waals surface area contributed by atoms with Gasteiger partial charge in [-0.15, -0.1) is 0 Å². The number of nitrogens with zero attached hydrogens (tertiary/aromatic N) is 2. The zero-order chi connectivity index (χ0) is 14.5. The molecule has 2 heterocycles. The maximum absolute atomic E-state index is 11.9. The van der Waals surface area contributed by atoms with E-state index in [1.54, 1.807) is 0 Å². The van der Waals surface area contributed by atoms with Gasteiger partial charge >= 0.3 is 5.97 Å². The summed E-state index contributed by atoms with van der Waals surface area (Å²) in [6.45, 7) is 5.88. The quantitative estimate of drug-likeness (QED) is 0.838. The minimum absolute atomic E-state index is 0.373. The van der Waals surface area contributed by atoms with Crippen molar-refractivity contribution in [2.45, 2.75) is 44.2 Å². The van der Waals surface area contributed by atoms with Crippen LogP contribution >= 0.6 is 11.8 Å². The van der Waals surface area contributed by atoms with Crippen molar-refractivity contribution in [1.82, 2.24) is 15.3 Å². The van der Waals surface area contributed by atoms with Crippen LogP contribution in [0.2, 0.25) is 0 Å². The first-order valence-corrected chi connectivity index (χ1v) is 7.99. The normalized spacial score (nSPS) is 15.6. The summed E-state index contributed by atoms with van der Waals surface area (Å²) in [7, 11) is 1.39. The Labute approximate surface area is 123 Å². The summed E-state index contributed by atoms with van der Waals surface area (Å²) < 4.78 is 4.84. The summed E-state index contributed by atoms with van der Waals surface area (Å²) in [4.78, 5) is 20.9. The van der Waals surface area contributed by atoms with Gasteiger partial charge in [0.1, 0.15) is 5.82 Å². The molecule has 5 nitrogen and oxygen atoms in total. The average Bonchev–Trinajstić information content (AvgIpc) is 2.50. The third-order valence-electron chi connectivity index (χ3n) is 3.43. The number of carbonyl (C=O) groups excluding carboxylic acids is 1. The Morgan fingerprint density at radius 1 is 1.50 bits per heavy atom. The van der Waals surface area contributed by atoms with Crippen molar-refractivity contribution in [3.63, 3.8) is 0 Å². The largest absolute Gasteiger partial charge is 0.464 e. The van der Waals surface area contributed by atoms with Crippen LogP contribution in [0.4, 0.5) is 0 Å². The van der Waals surface area contributed by atoms with Crippen LogP contribution in [0.5, 0.6) is 0 Å². The summed E-state index contributed by atoms with van der Waals surface area (Å²) in [6.07, 6.45) is 1.95. The lowest BCUT2D eigenvalue weighted by molar-refractivity contribution is 0.0591. The lowest BCUT2D eigenvalue weighted by Gasteiger charge is -2.19. The number of nitrogens with one attached hydrogen (secondary N) is 1. The lowest BCUT2D eigenvalue weighted by atomic mass is 10.1. The molecule has 1 N–H and O–H groups in total. The van der Waals surface area contributed by atoms with Gasteiger partial charge in [-0.25, -0.2) is 14.8 Å². The molecular weight excluding hydrogens is 274 g/mol. The molecule has 0 fully saturated rings. The number of esters is 1. The van der Waals surface area contributed by atoms with Crippen molar-refractivity contribution in [1.29, 1.82) is 0 Å². The van der Waals surface area contributed by atoms with E-state index in [1.165, 1.54) is 7.11 Å². The van der Waals surface area contributed by atoms with Crippen molar-refractivity contribution in [2.24, 2.45) is 0 Å². The van der Waals surface area contributed by atoms with E-state index in [4.69, 9.17) is 4.74 Å². The second kappa shape index (κ2) is 7.04. The van der Waals surface area contributed by atoms with Gasteiger partial charge in [0.25, 0.3) is 0 Å². The second-order valence-corrected chi connectivity index (χ2v) is 6.29. The average molecular weight is 295 g/mol. The fourth-order valence-electron chi connectivity index (χ4n) is 2.06. The van der Waals surface area contributed by atoms with Gasteiger partial charge in [-0.2, -0.15) is 11.8 Å². The molecule has 0 saturated carbocycles. The molecule has 1 aliphatic rings. The molecule has 0 radical (unpaired) electrons. The molecular formula is C14H21N3O2S. The van der Waals surface area contributed by atoms with E-state index in [2.05, 4.69) is 29.1 Å². The van der Waals surface area contributed by atoms with Crippen LogP contribution < -0.4 is 5.32 Å². The number of hydrogen-bond acceptors (Lipinski definition) is 6. The van der Waals surface area contributed by atoms with Gasteiger partial charge in [0.2, 0.25) is 0 Å². The zero-order valence-electron chi connectivity index (χ0n) is 12.2. The molecule has 0 aromatic carbocycles. The third-order valence-corrected chi connectivity index (χ3v) is 4.76. The van der Waals surface area contributed by atoms with E-state index in [9.17, 15) is 4.79 Å². The van der Waals surface area contributed by atoms with E-state index in [-0.39, 0.29) is 5.97 Å². The summed E-state index contributed by atoms with van der Waals surface area (Å²) in [5.74, 6) is 1.10. The van der Waals surface area contributed by atoms with Crippen LogP contribution in [0, 0.1) is 0 Å². The standard InChI is InChI=1S/C14H21N3O2S/c1-4-9(2)20-8-12-16-11-5-6-15-7-10(11)13(17-12)14(18)19-3/h9,15H,4-8H2,1-3H3. The molecule has 110 valence electrons. The summed E-state index contributed by atoms with van der Waals surface area (Å²) >= 11 is 1.82. The van der Waals surface area contributed by atoms with Crippen LogP contribution in [0.15, 0.2) is 0 Å². The lowest BCUT2D eigenvalue weighted by Crippen LogP contribution is -2.28. The molecule has 0 spiro atoms. The maximum atomic E-state index is 11.9. The Balaban J connectivity index is 2.27. The first kappa shape index (κ1) is 15.3. The van der Waals surface area contributed by atoms with Gasteiger partial charge < -0.3 is 10.1 Å². The molecule has 20 heavy (non-hydrogen) atoms. The smallest absolute Gasteiger partial charge is 0.357 e. The Morgan fingerprint density at radius 3 is 3.00 bits per heavy atom. The van der Waals surface area contributed by atoms with Crippen molar-refractivity contribution in [2.75, 3.05) is 13.7 Å². The van der Waals surface area contributed by atoms with Crippen molar-refractivity contribution < 1.29 is 9.53 Å². The van der Waals surface area contributed by atoms with Crippen LogP contribution in [0.1, 0.15) is 47.8 Å². The van der Waals surface area contributed by atoms with Gasteiger partial charge in [-0.05, 0) is 6.42 Å². The molecule has 0 aliphatic carbocycles. The van der Waals surface area contributed by atoms with Gasteiger partial charge in [0, 0.05) is 30.3 Å². The predicted molar refractivity (Wildman–Crippen MR) is 79.8 cm³/mol. The first-order valence-electron chi connectivity index (χ1n) is 6.95. The molecule has 1 atom stereocenters. The van der Waals surface area contributed by atoms with Gasteiger partial charge in [0.15, 0.2) is 5.69 Å². The van der Waals surface area contributed by atoms with E-state index < -0.39 is 0 Å². The Morgan fingerprint density at radius 2 is 2.30 bits per heavy atom. The number of fused-ring (bicyclic) bond motifs is 1. The number of methoxy groups -OCH3 is 1. The topological polar surface area (TPSA) is 64.1 Å². The summed E-state index contributed by atoms with van der Waals surface area (Å²) in [5.41, 5.74) is 2.30. The van der Waals surface area contributed by atoms with Gasteiger partial charge in [-0.1, -0.05) is 13.8 Å². The van der Waals surface area contributed by atoms with Crippen molar-refractivity contribution >= 4 is 17.7 Å². The van der Waals surface area contributed by atoms with E-state index in [0.29, 0.717) is 17.5 Å². The highest BCUT2D eigenvalue weighted by molar-refractivity contribution is 7.99. The van der Waals surface area contributed by atoms with Gasteiger partial charge in [0.05, 0.1) is 18.6 Å². The van der Waals surface area contributed by atoms with Crippen LogP contribution in [0.3, 0.4) is 0 Å². The molecule has 0 amide bonds. The molecule has 2 rings (SSSR count). The molecule has 1 unspecified atom stereocenters. The fraction of sp³-hybridized carbons (Fsp3) is 0.643. The Hall–Kier alpha value is -1.14. The number of hydrogen-bond donors (Lipinski definition) is 1. The van der Waals surface area contributed by atoms with Gasteiger partial charge in [-0.3, -0.25) is 0 Å². The minimum atomic E-state index is -0.373. The molecule has 1 aromatic heterocycles. The highest BCUT2D eigenvalue weighted by atomic mass is 32.2. The molecule has 6 heteroatoms. The van der Waals surface area contributed by atoms with Crippen LogP contribution in [-0.2, 0) is 23.5 Å². The summed E-state index contributed by atoms with van der Waals surface area (Å²) in [5, 5.41) is 3.81. The number of aromatic nitrogens is 2. The Kier molecular flexibility index (Phi) is 5.37. The second-order valence-electron chi connectivity index (χ2n) is 4.86. The van der Waals surface area contributed by atoms with Crippen molar-refractivity contribution in [3.8, 4) is 0 Å². The van der Waals surface area contributed by atoms with Crippen LogP contribution in [0.25, 0.3) is 0 Å². The van der Waals surface area contributed by atoms with Crippen LogP contribution in [-0.4, -0.2) is 34.8 Å². The molecule has 0 saturated heterocycles. The molecule has 1 aliphatic heterocycles. The molecule has 0 bridgehead atoms. The monoisotopic (exact) mass is 295 g/mol. The third kappa shape index (κ3) is 3.49. The highest BCUT2D eigenvalue weighted by Gasteiger charge is 2.22. The van der Waals surface area contributed by atoms with E-state index in [0.717, 1.165) is 42.2 Å². The highest BCUT2D eigenvalue weighted by Crippen LogP contribution is 2.21. The number of rotatable bonds is 5. The van der Waals surface area contributed by atoms with E-state index >= 15 is 0 Å². The maximum Gasteiger partial charge on any atom is 0.357 e.